The van der Waals surface area contributed by atoms with E-state index in [0.29, 0.717) is 26.1 Å². The quantitative estimate of drug-likeness (QED) is 0.852. The monoisotopic (exact) mass is 341 g/mol. The number of aromatic nitrogens is 3. The van der Waals surface area contributed by atoms with Crippen LogP contribution in [0.3, 0.4) is 0 Å². The molecule has 1 fully saturated rings. The first-order valence-corrected chi connectivity index (χ1v) is 8.75. The average molecular weight is 341 g/mol. The van der Waals surface area contributed by atoms with Crippen molar-refractivity contribution in [2.45, 2.75) is 43.4 Å². The average Bonchev–Trinajstić information content (AvgIpc) is 3.24. The largest absolute Gasteiger partial charge is 0.390 e. The highest BCUT2D eigenvalue weighted by molar-refractivity contribution is 5.76. The van der Waals surface area contributed by atoms with Gasteiger partial charge in [-0.05, 0) is 24.0 Å². The molecular weight excluding hydrogens is 318 g/mol. The Morgan fingerprint density at radius 3 is 2.64 bits per heavy atom. The first kappa shape index (κ1) is 16.2. The smallest absolute Gasteiger partial charge is 0.224 e. The fourth-order valence-electron chi connectivity index (χ4n) is 4.35. The number of rotatable bonds is 3. The standard InChI is InChI=1S/C18H23N5O2/c19-16-13-3-1-2-4-14(13)18(17(16)25)6-9-23(10-7-18)15(24)5-8-22-11-20-21-12-22/h1-4,11-12,16-17,25H,5-10,19H2/t16-,17+/m0/s1. The summed E-state index contributed by atoms with van der Waals surface area (Å²) in [6.07, 6.45) is 4.58. The van der Waals surface area contributed by atoms with E-state index >= 15 is 0 Å². The third kappa shape index (κ3) is 2.63. The summed E-state index contributed by atoms with van der Waals surface area (Å²) in [7, 11) is 0. The van der Waals surface area contributed by atoms with E-state index in [2.05, 4.69) is 16.3 Å². The normalized spacial score (nSPS) is 24.5. The molecule has 0 saturated carbocycles. The molecule has 1 aliphatic heterocycles. The van der Waals surface area contributed by atoms with Crippen LogP contribution in [0.25, 0.3) is 0 Å². The fraction of sp³-hybridized carbons (Fsp3) is 0.500. The Balaban J connectivity index is 1.43. The molecule has 1 aromatic carbocycles. The number of benzene rings is 1. The number of fused-ring (bicyclic) bond motifs is 2. The molecule has 1 aromatic heterocycles. The lowest BCUT2D eigenvalue weighted by Crippen LogP contribution is -2.50. The number of aryl methyl sites for hydroxylation is 1. The Labute approximate surface area is 146 Å². The van der Waals surface area contributed by atoms with Gasteiger partial charge < -0.3 is 20.3 Å². The van der Waals surface area contributed by atoms with Crippen molar-refractivity contribution in [3.05, 3.63) is 48.0 Å². The number of amides is 1. The lowest BCUT2D eigenvalue weighted by molar-refractivity contribution is -0.133. The van der Waals surface area contributed by atoms with E-state index in [-0.39, 0.29) is 17.4 Å². The van der Waals surface area contributed by atoms with Crippen LogP contribution in [0.15, 0.2) is 36.9 Å². The van der Waals surface area contributed by atoms with Gasteiger partial charge in [0.2, 0.25) is 5.91 Å². The van der Waals surface area contributed by atoms with Gasteiger partial charge in [0.05, 0.1) is 12.1 Å². The second-order valence-corrected chi connectivity index (χ2v) is 7.04. The van der Waals surface area contributed by atoms with Crippen LogP contribution in [0.5, 0.6) is 0 Å². The second kappa shape index (κ2) is 6.24. The van der Waals surface area contributed by atoms with Crippen LogP contribution in [0.1, 0.15) is 36.4 Å². The van der Waals surface area contributed by atoms with Crippen LogP contribution in [-0.2, 0) is 16.8 Å². The number of nitrogens with zero attached hydrogens (tertiary/aromatic N) is 4. The lowest BCUT2D eigenvalue weighted by Gasteiger charge is -2.42. The Morgan fingerprint density at radius 1 is 1.24 bits per heavy atom. The van der Waals surface area contributed by atoms with E-state index < -0.39 is 6.10 Å². The third-order valence-electron chi connectivity index (χ3n) is 5.82. The highest BCUT2D eigenvalue weighted by Crippen LogP contribution is 2.49. The first-order valence-electron chi connectivity index (χ1n) is 8.75. The second-order valence-electron chi connectivity index (χ2n) is 7.04. The molecule has 0 unspecified atom stereocenters. The van der Waals surface area contributed by atoms with Gasteiger partial charge in [0.15, 0.2) is 0 Å². The molecule has 4 rings (SSSR count). The molecule has 0 radical (unpaired) electrons. The number of hydrogen-bond donors (Lipinski definition) is 2. The first-order chi connectivity index (χ1) is 12.1. The van der Waals surface area contributed by atoms with Crippen molar-refractivity contribution in [2.24, 2.45) is 5.73 Å². The molecule has 3 N–H and O–H groups in total. The van der Waals surface area contributed by atoms with Gasteiger partial charge in [0, 0.05) is 31.5 Å². The molecule has 7 nitrogen and oxygen atoms in total. The Bertz CT molecular complexity index is 753. The molecule has 1 amide bonds. The van der Waals surface area contributed by atoms with E-state index in [1.807, 2.05) is 23.1 Å². The minimum atomic E-state index is -0.584. The zero-order valence-corrected chi connectivity index (χ0v) is 14.1. The van der Waals surface area contributed by atoms with Gasteiger partial charge >= 0.3 is 0 Å². The van der Waals surface area contributed by atoms with E-state index in [1.54, 1.807) is 17.2 Å². The molecule has 132 valence electrons. The molecular formula is C18H23N5O2. The maximum absolute atomic E-state index is 12.5. The summed E-state index contributed by atoms with van der Waals surface area (Å²) in [6.45, 7) is 1.89. The van der Waals surface area contributed by atoms with Gasteiger partial charge in [-0.2, -0.15) is 0 Å². The number of carbonyl (C=O) groups excluding carboxylic acids is 1. The topological polar surface area (TPSA) is 97.3 Å². The maximum atomic E-state index is 12.5. The van der Waals surface area contributed by atoms with Crippen LogP contribution in [0, 0.1) is 0 Å². The molecule has 1 aliphatic carbocycles. The Hall–Kier alpha value is -2.25. The number of hydrogen-bond acceptors (Lipinski definition) is 5. The number of nitrogens with two attached hydrogens (primary N) is 1. The summed E-state index contributed by atoms with van der Waals surface area (Å²) >= 11 is 0. The van der Waals surface area contributed by atoms with Crippen molar-refractivity contribution in [2.75, 3.05) is 13.1 Å². The van der Waals surface area contributed by atoms with Crippen molar-refractivity contribution in [1.82, 2.24) is 19.7 Å². The van der Waals surface area contributed by atoms with Crippen molar-refractivity contribution in [1.29, 1.82) is 0 Å². The summed E-state index contributed by atoms with van der Waals surface area (Å²) in [5.41, 5.74) is 8.13. The van der Waals surface area contributed by atoms with Crippen molar-refractivity contribution in [3.8, 4) is 0 Å². The zero-order chi connectivity index (χ0) is 17.4. The van der Waals surface area contributed by atoms with Crippen LogP contribution in [-0.4, -0.2) is 49.9 Å². The summed E-state index contributed by atoms with van der Waals surface area (Å²) < 4.78 is 1.80. The van der Waals surface area contributed by atoms with Gasteiger partial charge in [0.25, 0.3) is 0 Å². The number of aliphatic hydroxyl groups excluding tert-OH is 1. The van der Waals surface area contributed by atoms with Gasteiger partial charge in [0.1, 0.15) is 12.7 Å². The third-order valence-corrected chi connectivity index (χ3v) is 5.82. The number of carbonyl (C=O) groups is 1. The van der Waals surface area contributed by atoms with Gasteiger partial charge in [-0.1, -0.05) is 24.3 Å². The minimum absolute atomic E-state index is 0.133. The molecule has 0 bridgehead atoms. The predicted molar refractivity (Wildman–Crippen MR) is 91.5 cm³/mol. The van der Waals surface area contributed by atoms with E-state index in [1.165, 1.54) is 0 Å². The van der Waals surface area contributed by atoms with Crippen molar-refractivity contribution >= 4 is 5.91 Å². The molecule has 25 heavy (non-hydrogen) atoms. The van der Waals surface area contributed by atoms with Crippen LogP contribution >= 0.6 is 0 Å². The molecule has 2 aromatic rings. The van der Waals surface area contributed by atoms with Gasteiger partial charge in [-0.25, -0.2) is 0 Å². The van der Waals surface area contributed by atoms with E-state index in [9.17, 15) is 9.90 Å². The Morgan fingerprint density at radius 2 is 1.92 bits per heavy atom. The molecule has 2 atom stereocenters. The Kier molecular flexibility index (Phi) is 4.05. The van der Waals surface area contributed by atoms with Gasteiger partial charge in [-0.15, -0.1) is 10.2 Å². The highest BCUT2D eigenvalue weighted by atomic mass is 16.3. The lowest BCUT2D eigenvalue weighted by atomic mass is 9.72. The summed E-state index contributed by atoms with van der Waals surface area (Å²) in [5, 5.41) is 18.3. The van der Waals surface area contributed by atoms with E-state index in [0.717, 1.165) is 24.0 Å². The van der Waals surface area contributed by atoms with Crippen LogP contribution in [0.4, 0.5) is 0 Å². The fourth-order valence-corrected chi connectivity index (χ4v) is 4.35. The maximum Gasteiger partial charge on any atom is 0.224 e. The summed E-state index contributed by atoms with van der Waals surface area (Å²) in [6, 6.07) is 7.71. The van der Waals surface area contributed by atoms with Gasteiger partial charge in [-0.3, -0.25) is 4.79 Å². The predicted octanol–water partition coefficient (Wildman–Crippen LogP) is 0.603. The van der Waals surface area contributed by atoms with E-state index in [4.69, 9.17) is 5.73 Å². The molecule has 1 saturated heterocycles. The summed E-state index contributed by atoms with van der Waals surface area (Å²) in [4.78, 5) is 14.4. The number of likely N-dealkylation sites (tertiary alicyclic amines) is 1. The number of piperidine rings is 1. The minimum Gasteiger partial charge on any atom is -0.390 e. The van der Waals surface area contributed by atoms with Crippen molar-refractivity contribution in [3.63, 3.8) is 0 Å². The molecule has 2 aliphatic rings. The summed E-state index contributed by atoms with van der Waals surface area (Å²) in [5.74, 6) is 0.133. The molecule has 7 heteroatoms. The molecule has 2 heterocycles. The van der Waals surface area contributed by atoms with Crippen molar-refractivity contribution < 1.29 is 9.90 Å². The van der Waals surface area contributed by atoms with Crippen LogP contribution < -0.4 is 5.73 Å². The number of aliphatic hydroxyl groups is 1. The van der Waals surface area contributed by atoms with Crippen LogP contribution in [0.2, 0.25) is 0 Å². The SMILES string of the molecule is N[C@H]1c2ccccc2C2(CCN(C(=O)CCn3cnnc3)CC2)[C@@H]1O. The zero-order valence-electron chi connectivity index (χ0n) is 14.1. The highest BCUT2D eigenvalue weighted by Gasteiger charge is 2.51. The molecule has 1 spiro atoms.